The third kappa shape index (κ3) is 4.42. The first-order chi connectivity index (χ1) is 18.9. The summed E-state index contributed by atoms with van der Waals surface area (Å²) >= 11 is 3.52. The molecule has 39 heavy (non-hydrogen) atoms. The Hall–Kier alpha value is -4.89. The smallest absolute Gasteiger partial charge is 0.333 e. The number of fused-ring (bicyclic) bond motifs is 2. The first-order valence-corrected chi connectivity index (χ1v) is 13.0. The highest BCUT2D eigenvalue weighted by Gasteiger charge is 2.27. The van der Waals surface area contributed by atoms with Crippen LogP contribution >= 0.6 is 15.9 Å². The van der Waals surface area contributed by atoms with Crippen LogP contribution in [-0.4, -0.2) is 20.0 Å². The number of para-hydroxylation sites is 2. The number of carbonyl (C=O) groups is 1. The lowest BCUT2D eigenvalue weighted by Crippen LogP contribution is -2.35. The lowest BCUT2D eigenvalue weighted by atomic mass is 10.2. The summed E-state index contributed by atoms with van der Waals surface area (Å²) in [6, 6.07) is 28.7. The number of H-pyrrole nitrogens is 1. The number of rotatable bonds is 5. The van der Waals surface area contributed by atoms with E-state index in [0.717, 1.165) is 14.6 Å². The standard InChI is InChI=1S/C30H22BrN5O3/c31-19-13-14-25-23(16-19)26(36-29(38)22-11-4-5-12-24(22)34-30(36)39)27(28(37)33-21-9-2-1-3-10-21)35(25)17-18-7-6-8-20(32)15-18/h1-16H,17,32H2,(H,33,37)(H,34,39). The van der Waals surface area contributed by atoms with Gasteiger partial charge in [-0.25, -0.2) is 9.36 Å². The van der Waals surface area contributed by atoms with Gasteiger partial charge in [0, 0.05) is 27.8 Å². The second kappa shape index (κ2) is 9.77. The Morgan fingerprint density at radius 2 is 1.64 bits per heavy atom. The number of hydrogen-bond acceptors (Lipinski definition) is 4. The number of nitrogens with zero attached hydrogens (tertiary/aromatic N) is 2. The second-order valence-corrected chi connectivity index (χ2v) is 10.0. The lowest BCUT2D eigenvalue weighted by molar-refractivity contribution is 0.101. The summed E-state index contributed by atoms with van der Waals surface area (Å²) in [4.78, 5) is 44.1. The van der Waals surface area contributed by atoms with Gasteiger partial charge in [-0.1, -0.05) is 58.4 Å². The van der Waals surface area contributed by atoms with E-state index in [9.17, 15) is 14.4 Å². The Bertz CT molecular complexity index is 2010. The molecule has 9 heteroatoms. The third-order valence-corrected chi connectivity index (χ3v) is 7.06. The molecule has 0 atom stereocenters. The summed E-state index contributed by atoms with van der Waals surface area (Å²) in [6.45, 7) is 0.279. The van der Waals surface area contributed by atoms with E-state index >= 15 is 0 Å². The van der Waals surface area contributed by atoms with E-state index in [4.69, 9.17) is 5.73 Å². The van der Waals surface area contributed by atoms with Crippen LogP contribution in [0.25, 0.3) is 27.5 Å². The predicted octanol–water partition coefficient (Wildman–Crippen LogP) is 5.28. The van der Waals surface area contributed by atoms with Crippen LogP contribution in [0.5, 0.6) is 0 Å². The zero-order valence-electron chi connectivity index (χ0n) is 20.5. The maximum absolute atomic E-state index is 14.0. The largest absolute Gasteiger partial charge is 0.399 e. The zero-order chi connectivity index (χ0) is 27.1. The van der Waals surface area contributed by atoms with E-state index in [1.54, 1.807) is 48.5 Å². The number of nitrogens with two attached hydrogens (primary N) is 1. The van der Waals surface area contributed by atoms with E-state index in [-0.39, 0.29) is 17.9 Å². The van der Waals surface area contributed by atoms with Gasteiger partial charge in [-0.15, -0.1) is 0 Å². The molecule has 2 heterocycles. The number of nitrogens with one attached hydrogen (secondary N) is 2. The summed E-state index contributed by atoms with van der Waals surface area (Å²) in [6.07, 6.45) is 0. The van der Waals surface area contributed by atoms with Crippen LogP contribution < -0.4 is 22.3 Å². The topological polar surface area (TPSA) is 115 Å². The van der Waals surface area contributed by atoms with E-state index in [1.165, 1.54) is 0 Å². The molecule has 6 aromatic rings. The molecular weight excluding hydrogens is 558 g/mol. The molecule has 0 aliphatic rings. The maximum atomic E-state index is 14.0. The number of halogens is 1. The van der Waals surface area contributed by atoms with Gasteiger partial charge in [-0.05, 0) is 60.2 Å². The van der Waals surface area contributed by atoms with E-state index in [1.807, 2.05) is 53.1 Å². The molecule has 0 unspecified atom stereocenters. The quantitative estimate of drug-likeness (QED) is 0.241. The number of benzene rings is 4. The minimum absolute atomic E-state index is 0.164. The van der Waals surface area contributed by atoms with Gasteiger partial charge < -0.3 is 20.6 Å². The van der Waals surface area contributed by atoms with E-state index < -0.39 is 17.2 Å². The van der Waals surface area contributed by atoms with Crippen LogP contribution in [0.1, 0.15) is 16.1 Å². The number of hydrogen-bond donors (Lipinski definition) is 3. The molecule has 2 aromatic heterocycles. The molecule has 0 spiro atoms. The van der Waals surface area contributed by atoms with Crippen molar-refractivity contribution in [2.24, 2.45) is 0 Å². The van der Waals surface area contributed by atoms with Crippen LogP contribution in [0.2, 0.25) is 0 Å². The fourth-order valence-electron chi connectivity index (χ4n) is 4.88. The summed E-state index contributed by atoms with van der Waals surface area (Å²) in [5.74, 6) is -0.466. The Kier molecular flexibility index (Phi) is 6.12. The van der Waals surface area contributed by atoms with Gasteiger partial charge in [0.15, 0.2) is 0 Å². The van der Waals surface area contributed by atoms with Gasteiger partial charge >= 0.3 is 5.69 Å². The van der Waals surface area contributed by atoms with Gasteiger partial charge in [0.1, 0.15) is 5.69 Å². The highest BCUT2D eigenvalue weighted by molar-refractivity contribution is 9.10. The first-order valence-electron chi connectivity index (χ1n) is 12.2. The minimum Gasteiger partial charge on any atom is -0.399 e. The molecule has 192 valence electrons. The molecular formula is C30H22BrN5O3. The Balaban J connectivity index is 1.70. The van der Waals surface area contributed by atoms with Crippen LogP contribution in [-0.2, 0) is 6.54 Å². The average Bonchev–Trinajstić information content (AvgIpc) is 3.22. The highest BCUT2D eigenvalue weighted by atomic mass is 79.9. The van der Waals surface area contributed by atoms with Gasteiger partial charge in [0.25, 0.3) is 11.5 Å². The first kappa shape index (κ1) is 24.4. The second-order valence-electron chi connectivity index (χ2n) is 9.13. The van der Waals surface area contributed by atoms with Crippen molar-refractivity contribution in [3.8, 4) is 5.69 Å². The number of aromatic nitrogens is 3. The normalized spacial score (nSPS) is 11.2. The number of aromatic amines is 1. The Morgan fingerprint density at radius 1 is 0.872 bits per heavy atom. The summed E-state index contributed by atoms with van der Waals surface area (Å²) in [7, 11) is 0. The maximum Gasteiger partial charge on any atom is 0.333 e. The fraction of sp³-hybridized carbons (Fsp3) is 0.0333. The summed E-state index contributed by atoms with van der Waals surface area (Å²) in [5, 5.41) is 3.83. The molecule has 0 saturated carbocycles. The SMILES string of the molecule is Nc1cccc(Cn2c(C(=O)Nc3ccccc3)c(-n3c(=O)[nH]c4ccccc4c3=O)c3cc(Br)ccc32)c1. The van der Waals surface area contributed by atoms with Gasteiger partial charge in [-0.3, -0.25) is 9.59 Å². The van der Waals surface area contributed by atoms with Gasteiger partial charge in [-0.2, -0.15) is 0 Å². The number of amides is 1. The van der Waals surface area contributed by atoms with Crippen LogP contribution in [0.15, 0.2) is 111 Å². The predicted molar refractivity (Wildman–Crippen MR) is 158 cm³/mol. The number of carbonyl (C=O) groups excluding carboxylic acids is 1. The van der Waals surface area contributed by atoms with E-state index in [0.29, 0.717) is 33.2 Å². The van der Waals surface area contributed by atoms with Crippen molar-refractivity contribution in [1.82, 2.24) is 14.1 Å². The molecule has 0 radical (unpaired) electrons. The molecule has 1 amide bonds. The molecule has 6 rings (SSSR count). The molecule has 0 aliphatic carbocycles. The zero-order valence-corrected chi connectivity index (χ0v) is 22.1. The van der Waals surface area contributed by atoms with Crippen molar-refractivity contribution >= 4 is 55.0 Å². The van der Waals surface area contributed by atoms with Crippen molar-refractivity contribution in [2.75, 3.05) is 11.1 Å². The van der Waals surface area contributed by atoms with Crippen molar-refractivity contribution < 1.29 is 4.79 Å². The van der Waals surface area contributed by atoms with Crippen molar-refractivity contribution in [3.63, 3.8) is 0 Å². The Morgan fingerprint density at radius 3 is 2.44 bits per heavy atom. The highest BCUT2D eigenvalue weighted by Crippen LogP contribution is 2.32. The van der Waals surface area contributed by atoms with Gasteiger partial charge in [0.05, 0.1) is 22.1 Å². The lowest BCUT2D eigenvalue weighted by Gasteiger charge is -2.14. The molecule has 4 aromatic carbocycles. The number of anilines is 2. The van der Waals surface area contributed by atoms with Crippen molar-refractivity contribution in [1.29, 1.82) is 0 Å². The Labute approximate surface area is 230 Å². The van der Waals surface area contributed by atoms with Crippen molar-refractivity contribution in [2.45, 2.75) is 6.54 Å². The molecule has 0 fully saturated rings. The fourth-order valence-corrected chi connectivity index (χ4v) is 5.24. The average molecular weight is 580 g/mol. The number of nitrogen functional groups attached to an aromatic ring is 1. The molecule has 0 bridgehead atoms. The molecule has 8 nitrogen and oxygen atoms in total. The van der Waals surface area contributed by atoms with Crippen LogP contribution in [0.3, 0.4) is 0 Å². The van der Waals surface area contributed by atoms with Crippen LogP contribution in [0, 0.1) is 0 Å². The molecule has 0 saturated heterocycles. The molecule has 4 N–H and O–H groups in total. The minimum atomic E-state index is -0.643. The van der Waals surface area contributed by atoms with Gasteiger partial charge in [0.2, 0.25) is 0 Å². The van der Waals surface area contributed by atoms with Crippen LogP contribution in [0.4, 0.5) is 11.4 Å². The third-order valence-electron chi connectivity index (χ3n) is 6.57. The monoisotopic (exact) mass is 579 g/mol. The van der Waals surface area contributed by atoms with E-state index in [2.05, 4.69) is 26.2 Å². The molecule has 0 aliphatic heterocycles. The summed E-state index contributed by atoms with van der Waals surface area (Å²) in [5.41, 5.74) is 8.36. The summed E-state index contributed by atoms with van der Waals surface area (Å²) < 4.78 is 3.59. The van der Waals surface area contributed by atoms with Crippen molar-refractivity contribution in [3.05, 3.63) is 134 Å².